The van der Waals surface area contributed by atoms with Crippen molar-refractivity contribution in [3.05, 3.63) is 139 Å². The van der Waals surface area contributed by atoms with Gasteiger partial charge in [0.2, 0.25) is 0 Å². The summed E-state index contributed by atoms with van der Waals surface area (Å²) in [6.45, 7) is 4.89. The van der Waals surface area contributed by atoms with Crippen LogP contribution in [0.15, 0.2) is 127 Å². The van der Waals surface area contributed by atoms with Crippen molar-refractivity contribution >= 4 is 56.5 Å². The molecule has 0 bridgehead atoms. The quantitative estimate of drug-likeness (QED) is 0.192. The zero-order valence-corrected chi connectivity index (χ0v) is 23.6. The minimum Gasteiger partial charge on any atom is -0.375 e. The number of fused-ring (bicyclic) bond motifs is 11. The molecule has 1 aromatic heterocycles. The predicted octanol–water partition coefficient (Wildman–Crippen LogP) is 8.52. The normalized spacial score (nSPS) is 15.0. The first kappa shape index (κ1) is 22.6. The number of hydrogen-bond acceptors (Lipinski definition) is 1. The number of anilines is 3. The van der Waals surface area contributed by atoms with Gasteiger partial charge in [-0.25, -0.2) is 0 Å². The molecule has 196 valence electrons. The molecule has 0 fully saturated rings. The van der Waals surface area contributed by atoms with E-state index < -0.39 is 0 Å². The molecule has 3 heteroatoms. The first-order valence-electron chi connectivity index (χ1n) is 14.9. The van der Waals surface area contributed by atoms with Gasteiger partial charge in [0.05, 0.1) is 0 Å². The molecule has 7 aromatic rings. The summed E-state index contributed by atoms with van der Waals surface area (Å²) in [5.74, 6) is 0. The lowest BCUT2D eigenvalue weighted by Crippen LogP contribution is -2.56. The maximum absolute atomic E-state index is 2.72. The Morgan fingerprint density at radius 1 is 0.619 bits per heavy atom. The van der Waals surface area contributed by atoms with Gasteiger partial charge in [-0.3, -0.25) is 0 Å². The largest absolute Gasteiger partial charge is 0.375 e. The van der Waals surface area contributed by atoms with Gasteiger partial charge >= 0.3 is 6.85 Å². The molecule has 0 atom stereocenters. The highest BCUT2D eigenvalue weighted by Gasteiger charge is 2.48. The second-order valence-corrected chi connectivity index (χ2v) is 12.5. The third kappa shape index (κ3) is 2.55. The Morgan fingerprint density at radius 2 is 1.33 bits per heavy atom. The molecule has 0 saturated carbocycles. The highest BCUT2D eigenvalue weighted by atomic mass is 15.2. The summed E-state index contributed by atoms with van der Waals surface area (Å²) >= 11 is 0. The highest BCUT2D eigenvalue weighted by Crippen LogP contribution is 2.56. The summed E-state index contributed by atoms with van der Waals surface area (Å²) in [6, 6.07) is 47.4. The van der Waals surface area contributed by atoms with Crippen molar-refractivity contribution in [2.24, 2.45) is 0 Å². The van der Waals surface area contributed by atoms with E-state index in [0.29, 0.717) is 0 Å². The van der Waals surface area contributed by atoms with Crippen molar-refractivity contribution in [2.75, 3.05) is 4.90 Å². The Hall–Kier alpha value is -5.02. The van der Waals surface area contributed by atoms with E-state index in [1.807, 2.05) is 0 Å². The third-order valence-electron chi connectivity index (χ3n) is 10.1. The van der Waals surface area contributed by atoms with Gasteiger partial charge in [-0.2, -0.15) is 0 Å². The highest BCUT2D eigenvalue weighted by molar-refractivity contribution is 6.90. The molecule has 2 nitrogen and oxygen atoms in total. The van der Waals surface area contributed by atoms with E-state index in [-0.39, 0.29) is 12.3 Å². The van der Waals surface area contributed by atoms with Gasteiger partial charge < -0.3 is 9.38 Å². The molecular formula is C39H27BN2. The Bertz CT molecular complexity index is 2290. The molecule has 3 heterocycles. The van der Waals surface area contributed by atoms with E-state index in [1.54, 1.807) is 0 Å². The van der Waals surface area contributed by atoms with Gasteiger partial charge in [0.15, 0.2) is 0 Å². The fourth-order valence-electron chi connectivity index (χ4n) is 8.52. The van der Waals surface area contributed by atoms with Crippen LogP contribution in [-0.2, 0) is 5.41 Å². The van der Waals surface area contributed by atoms with Crippen molar-refractivity contribution in [3.63, 3.8) is 0 Å². The van der Waals surface area contributed by atoms with E-state index in [0.717, 1.165) is 0 Å². The molecule has 0 N–H and O–H groups in total. The number of para-hydroxylation sites is 3. The molecule has 2 aliphatic heterocycles. The number of hydrogen-bond donors (Lipinski definition) is 0. The van der Waals surface area contributed by atoms with Crippen LogP contribution in [0.4, 0.5) is 17.1 Å². The van der Waals surface area contributed by atoms with Gasteiger partial charge in [0.25, 0.3) is 0 Å². The van der Waals surface area contributed by atoms with Crippen molar-refractivity contribution in [3.8, 4) is 22.4 Å². The maximum atomic E-state index is 2.72. The number of benzene rings is 6. The Balaban J connectivity index is 1.45. The van der Waals surface area contributed by atoms with Crippen LogP contribution in [0.5, 0.6) is 0 Å². The van der Waals surface area contributed by atoms with Crippen LogP contribution in [0.2, 0.25) is 0 Å². The first-order chi connectivity index (χ1) is 20.6. The Kier molecular flexibility index (Phi) is 4.11. The molecule has 3 aliphatic rings. The standard InChI is InChI=1S/C39H27BN2/c1-39(2)30-20-9-8-17-27(30)38-35(39)29-19-12-18-28-34-26-16-7-6-13-24(26)23-33-36(34)40(42(38)37(28)29)31-21-10-11-22-32(31)41(33)25-14-4-3-5-15-25/h3-23H,1-2H3. The number of rotatable bonds is 1. The summed E-state index contributed by atoms with van der Waals surface area (Å²) in [6.07, 6.45) is 0. The fraction of sp³-hybridized carbons (Fsp3) is 0.0769. The molecule has 10 rings (SSSR count). The summed E-state index contributed by atoms with van der Waals surface area (Å²) in [7, 11) is 0. The summed E-state index contributed by atoms with van der Waals surface area (Å²) < 4.78 is 2.72. The van der Waals surface area contributed by atoms with E-state index in [1.165, 1.54) is 83.2 Å². The minimum absolute atomic E-state index is 0.0684. The van der Waals surface area contributed by atoms with Crippen LogP contribution < -0.4 is 15.8 Å². The zero-order valence-electron chi connectivity index (χ0n) is 23.6. The van der Waals surface area contributed by atoms with Crippen LogP contribution in [0.1, 0.15) is 25.0 Å². The smallest absolute Gasteiger partial charge is 0.333 e. The molecule has 0 unspecified atom stereocenters. The van der Waals surface area contributed by atoms with Crippen LogP contribution in [0.3, 0.4) is 0 Å². The molecular weight excluding hydrogens is 507 g/mol. The van der Waals surface area contributed by atoms with E-state index in [4.69, 9.17) is 0 Å². The lowest BCUT2D eigenvalue weighted by molar-refractivity contribution is 0.666. The van der Waals surface area contributed by atoms with Crippen LogP contribution >= 0.6 is 0 Å². The number of aromatic nitrogens is 1. The van der Waals surface area contributed by atoms with Gasteiger partial charge in [-0.05, 0) is 62.7 Å². The summed E-state index contributed by atoms with van der Waals surface area (Å²) in [5.41, 5.74) is 16.1. The lowest BCUT2D eigenvalue weighted by Gasteiger charge is -2.41. The number of nitrogens with zero attached hydrogens (tertiary/aromatic N) is 2. The van der Waals surface area contributed by atoms with Gasteiger partial charge in [0, 0.05) is 50.2 Å². The molecule has 42 heavy (non-hydrogen) atoms. The Morgan fingerprint density at radius 3 is 2.24 bits per heavy atom. The van der Waals surface area contributed by atoms with Gasteiger partial charge in [0.1, 0.15) is 0 Å². The molecule has 1 aliphatic carbocycles. The molecule has 0 amide bonds. The molecule has 6 aromatic carbocycles. The molecule has 0 saturated heterocycles. The van der Waals surface area contributed by atoms with Crippen LogP contribution in [0, 0.1) is 0 Å². The van der Waals surface area contributed by atoms with Crippen molar-refractivity contribution < 1.29 is 0 Å². The molecule has 0 radical (unpaired) electrons. The second-order valence-electron chi connectivity index (χ2n) is 12.5. The zero-order chi connectivity index (χ0) is 27.7. The lowest BCUT2D eigenvalue weighted by atomic mass is 9.44. The van der Waals surface area contributed by atoms with Crippen molar-refractivity contribution in [2.45, 2.75) is 19.3 Å². The van der Waals surface area contributed by atoms with Crippen LogP contribution in [0.25, 0.3) is 44.1 Å². The predicted molar refractivity (Wildman–Crippen MR) is 178 cm³/mol. The third-order valence-corrected chi connectivity index (χ3v) is 10.1. The average molecular weight is 534 g/mol. The average Bonchev–Trinajstić information content (AvgIpc) is 3.50. The molecule has 0 spiro atoms. The minimum atomic E-state index is -0.0836. The maximum Gasteiger partial charge on any atom is 0.333 e. The first-order valence-corrected chi connectivity index (χ1v) is 14.9. The second kappa shape index (κ2) is 7.63. The van der Waals surface area contributed by atoms with Crippen LogP contribution in [-0.4, -0.2) is 11.3 Å². The summed E-state index contributed by atoms with van der Waals surface area (Å²) in [4.78, 5) is 2.49. The van der Waals surface area contributed by atoms with E-state index in [9.17, 15) is 0 Å². The summed E-state index contributed by atoms with van der Waals surface area (Å²) in [5, 5.41) is 3.99. The van der Waals surface area contributed by atoms with Crippen molar-refractivity contribution in [1.29, 1.82) is 0 Å². The van der Waals surface area contributed by atoms with Crippen molar-refractivity contribution in [1.82, 2.24) is 4.48 Å². The monoisotopic (exact) mass is 534 g/mol. The SMILES string of the molecule is CC1(C)c2ccccc2-c2c1c1cccc3c1n2B1c2ccccc2N(c2ccccc2)c2cc4ccccc4c-3c21. The Labute approximate surface area is 245 Å². The van der Waals surface area contributed by atoms with Gasteiger partial charge in [-0.1, -0.05) is 117 Å². The van der Waals surface area contributed by atoms with E-state index in [2.05, 4.69) is 151 Å². The van der Waals surface area contributed by atoms with E-state index >= 15 is 0 Å². The topological polar surface area (TPSA) is 8.17 Å². The van der Waals surface area contributed by atoms with Gasteiger partial charge in [-0.15, -0.1) is 0 Å². The fourth-order valence-corrected chi connectivity index (χ4v) is 8.52.